The molecule has 0 saturated carbocycles. The zero-order valence-electron chi connectivity index (χ0n) is 11.4. The lowest BCUT2D eigenvalue weighted by atomic mass is 10.1. The molecule has 0 aliphatic rings. The Balaban J connectivity index is 2.26. The summed E-state index contributed by atoms with van der Waals surface area (Å²) in [6.07, 6.45) is 2.24. The summed E-state index contributed by atoms with van der Waals surface area (Å²) in [6.45, 7) is 5.30. The van der Waals surface area contributed by atoms with E-state index >= 15 is 0 Å². The second kappa shape index (κ2) is 5.83. The first-order chi connectivity index (χ1) is 8.74. The summed E-state index contributed by atoms with van der Waals surface area (Å²) in [5.74, 6) is 0. The number of hydrogen-bond donors (Lipinski definition) is 1. The smallest absolute Gasteiger partial charge is 0.0648 e. The molecule has 1 N–H and O–H groups in total. The van der Waals surface area contributed by atoms with Crippen molar-refractivity contribution in [1.82, 2.24) is 15.1 Å². The fraction of sp³-hybridized carbons (Fsp3) is 0.400. The summed E-state index contributed by atoms with van der Waals surface area (Å²) in [6, 6.07) is 10.3. The number of aromatic nitrogens is 2. The van der Waals surface area contributed by atoms with Crippen molar-refractivity contribution in [3.63, 3.8) is 0 Å². The third-order valence-corrected chi connectivity index (χ3v) is 3.30. The monoisotopic (exact) mass is 243 g/mol. The number of hydrogen-bond acceptors (Lipinski definition) is 2. The minimum atomic E-state index is 1.05. The third-order valence-electron chi connectivity index (χ3n) is 3.30. The van der Waals surface area contributed by atoms with E-state index in [0.717, 1.165) is 30.8 Å². The van der Waals surface area contributed by atoms with Gasteiger partial charge in [-0.15, -0.1) is 0 Å². The van der Waals surface area contributed by atoms with Gasteiger partial charge in [-0.05, 0) is 58.0 Å². The summed E-state index contributed by atoms with van der Waals surface area (Å²) in [7, 11) is 1.99. The Kier molecular flexibility index (Phi) is 4.15. The SMILES string of the molecule is CNCCCc1c(C)nn(-c2ccccc2)c1C. The van der Waals surface area contributed by atoms with E-state index in [9.17, 15) is 0 Å². The Morgan fingerprint density at radius 3 is 2.56 bits per heavy atom. The van der Waals surface area contributed by atoms with Gasteiger partial charge in [-0.25, -0.2) is 4.68 Å². The highest BCUT2D eigenvalue weighted by Gasteiger charge is 2.11. The van der Waals surface area contributed by atoms with E-state index < -0.39 is 0 Å². The van der Waals surface area contributed by atoms with E-state index in [0.29, 0.717) is 0 Å². The number of rotatable bonds is 5. The van der Waals surface area contributed by atoms with Crippen LogP contribution in [-0.4, -0.2) is 23.4 Å². The van der Waals surface area contributed by atoms with Crippen LogP contribution in [0.4, 0.5) is 0 Å². The van der Waals surface area contributed by atoms with E-state index in [-0.39, 0.29) is 0 Å². The van der Waals surface area contributed by atoms with Gasteiger partial charge in [0, 0.05) is 5.69 Å². The standard InChI is InChI=1S/C15H21N3/c1-12-15(10-7-11-16-3)13(2)18(17-12)14-8-5-4-6-9-14/h4-6,8-9,16H,7,10-11H2,1-3H3. The minimum Gasteiger partial charge on any atom is -0.320 e. The van der Waals surface area contributed by atoms with Gasteiger partial charge in [-0.2, -0.15) is 5.10 Å². The van der Waals surface area contributed by atoms with Gasteiger partial charge in [0.05, 0.1) is 11.4 Å². The molecule has 0 aliphatic carbocycles. The molecular weight excluding hydrogens is 222 g/mol. The van der Waals surface area contributed by atoms with Gasteiger partial charge < -0.3 is 5.32 Å². The molecule has 3 heteroatoms. The molecule has 1 aromatic heterocycles. The molecule has 0 unspecified atom stereocenters. The molecule has 96 valence electrons. The predicted octanol–water partition coefficient (Wildman–Crippen LogP) is 2.64. The molecule has 0 saturated heterocycles. The van der Waals surface area contributed by atoms with Gasteiger partial charge in [0.2, 0.25) is 0 Å². The van der Waals surface area contributed by atoms with Crippen LogP contribution in [0.5, 0.6) is 0 Å². The first-order valence-electron chi connectivity index (χ1n) is 6.49. The average Bonchev–Trinajstić information content (AvgIpc) is 2.68. The molecule has 0 radical (unpaired) electrons. The molecule has 18 heavy (non-hydrogen) atoms. The van der Waals surface area contributed by atoms with Crippen LogP contribution in [0.15, 0.2) is 30.3 Å². The second-order valence-electron chi connectivity index (χ2n) is 4.60. The first-order valence-corrected chi connectivity index (χ1v) is 6.49. The maximum Gasteiger partial charge on any atom is 0.0648 e. The molecule has 0 bridgehead atoms. The van der Waals surface area contributed by atoms with Crippen LogP contribution in [0.1, 0.15) is 23.4 Å². The molecule has 1 aromatic carbocycles. The molecule has 0 amide bonds. The lowest BCUT2D eigenvalue weighted by molar-refractivity contribution is 0.720. The fourth-order valence-corrected chi connectivity index (χ4v) is 2.30. The van der Waals surface area contributed by atoms with Gasteiger partial charge in [0.1, 0.15) is 0 Å². The quantitative estimate of drug-likeness (QED) is 0.818. The highest BCUT2D eigenvalue weighted by molar-refractivity contribution is 5.36. The van der Waals surface area contributed by atoms with Crippen molar-refractivity contribution in [2.75, 3.05) is 13.6 Å². The molecule has 0 spiro atoms. The summed E-state index contributed by atoms with van der Waals surface area (Å²) in [5.41, 5.74) is 4.93. The topological polar surface area (TPSA) is 29.9 Å². The number of benzene rings is 1. The van der Waals surface area contributed by atoms with E-state index in [1.807, 2.05) is 29.9 Å². The van der Waals surface area contributed by atoms with Crippen molar-refractivity contribution in [2.45, 2.75) is 26.7 Å². The summed E-state index contributed by atoms with van der Waals surface area (Å²) < 4.78 is 2.05. The van der Waals surface area contributed by atoms with Gasteiger partial charge in [-0.1, -0.05) is 18.2 Å². The Morgan fingerprint density at radius 2 is 1.89 bits per heavy atom. The van der Waals surface area contributed by atoms with Gasteiger partial charge >= 0.3 is 0 Å². The summed E-state index contributed by atoms with van der Waals surface area (Å²) in [5, 5.41) is 7.84. The third kappa shape index (κ3) is 2.62. The fourth-order valence-electron chi connectivity index (χ4n) is 2.30. The normalized spacial score (nSPS) is 10.8. The Morgan fingerprint density at radius 1 is 1.17 bits per heavy atom. The Hall–Kier alpha value is -1.61. The summed E-state index contributed by atoms with van der Waals surface area (Å²) in [4.78, 5) is 0. The molecular formula is C15H21N3. The molecule has 0 atom stereocenters. The van der Waals surface area contributed by atoms with Crippen LogP contribution in [0.3, 0.4) is 0 Å². The molecule has 0 aliphatic heterocycles. The van der Waals surface area contributed by atoms with E-state index in [2.05, 4.69) is 36.4 Å². The van der Waals surface area contributed by atoms with Gasteiger partial charge in [-0.3, -0.25) is 0 Å². The van der Waals surface area contributed by atoms with Gasteiger partial charge in [0.15, 0.2) is 0 Å². The van der Waals surface area contributed by atoms with E-state index in [4.69, 9.17) is 0 Å². The average molecular weight is 243 g/mol. The largest absolute Gasteiger partial charge is 0.320 e. The minimum absolute atomic E-state index is 1.05. The Labute approximate surface area is 109 Å². The highest BCUT2D eigenvalue weighted by Crippen LogP contribution is 2.18. The number of nitrogens with zero attached hydrogens (tertiary/aromatic N) is 2. The van der Waals surface area contributed by atoms with Crippen molar-refractivity contribution in [1.29, 1.82) is 0 Å². The van der Waals surface area contributed by atoms with Crippen LogP contribution < -0.4 is 5.32 Å². The van der Waals surface area contributed by atoms with Crippen LogP contribution in [0.2, 0.25) is 0 Å². The molecule has 3 nitrogen and oxygen atoms in total. The van der Waals surface area contributed by atoms with Crippen LogP contribution in [-0.2, 0) is 6.42 Å². The number of aryl methyl sites for hydroxylation is 1. The first kappa shape index (κ1) is 12.8. The van der Waals surface area contributed by atoms with Crippen LogP contribution in [0, 0.1) is 13.8 Å². The zero-order valence-corrected chi connectivity index (χ0v) is 11.4. The molecule has 2 aromatic rings. The number of para-hydroxylation sites is 1. The maximum atomic E-state index is 4.66. The van der Waals surface area contributed by atoms with E-state index in [1.54, 1.807) is 0 Å². The van der Waals surface area contributed by atoms with Crippen molar-refractivity contribution in [3.8, 4) is 5.69 Å². The lowest BCUT2D eigenvalue weighted by Crippen LogP contribution is -2.08. The van der Waals surface area contributed by atoms with Crippen molar-refractivity contribution in [3.05, 3.63) is 47.3 Å². The van der Waals surface area contributed by atoms with E-state index in [1.165, 1.54) is 11.3 Å². The molecule has 0 fully saturated rings. The predicted molar refractivity (Wildman–Crippen MR) is 75.3 cm³/mol. The highest BCUT2D eigenvalue weighted by atomic mass is 15.3. The second-order valence-corrected chi connectivity index (χ2v) is 4.60. The molecule has 2 rings (SSSR count). The van der Waals surface area contributed by atoms with Crippen molar-refractivity contribution < 1.29 is 0 Å². The van der Waals surface area contributed by atoms with Crippen LogP contribution in [0.25, 0.3) is 5.69 Å². The number of nitrogens with one attached hydrogen (secondary N) is 1. The van der Waals surface area contributed by atoms with Crippen LogP contribution >= 0.6 is 0 Å². The van der Waals surface area contributed by atoms with Crippen molar-refractivity contribution >= 4 is 0 Å². The maximum absolute atomic E-state index is 4.66. The Bertz CT molecular complexity index is 500. The lowest BCUT2D eigenvalue weighted by Gasteiger charge is -2.05. The zero-order chi connectivity index (χ0) is 13.0. The molecule has 1 heterocycles. The van der Waals surface area contributed by atoms with Gasteiger partial charge in [0.25, 0.3) is 0 Å². The summed E-state index contributed by atoms with van der Waals surface area (Å²) >= 11 is 0. The van der Waals surface area contributed by atoms with Crippen molar-refractivity contribution in [2.24, 2.45) is 0 Å².